The van der Waals surface area contributed by atoms with Gasteiger partial charge in [-0.15, -0.1) is 0 Å². The van der Waals surface area contributed by atoms with Gasteiger partial charge in [0.1, 0.15) is 17.2 Å². The van der Waals surface area contributed by atoms with E-state index < -0.39 is 17.5 Å². The number of Topliss-reactive ketones (excluding diaryl/α,β-unsaturated/α-hetero) is 2. The SMILES string of the molecule is COC1=C(N)C(=O)c2nc(N3CCC(F)(F)CC3)ccc2C1=O. The van der Waals surface area contributed by atoms with E-state index in [1.165, 1.54) is 13.2 Å². The van der Waals surface area contributed by atoms with E-state index in [1.807, 2.05) is 0 Å². The lowest BCUT2D eigenvalue weighted by atomic mass is 9.95. The highest BCUT2D eigenvalue weighted by Gasteiger charge is 2.36. The molecule has 0 unspecified atom stereocenters. The van der Waals surface area contributed by atoms with E-state index in [0.29, 0.717) is 5.82 Å². The van der Waals surface area contributed by atoms with Crippen LogP contribution in [-0.2, 0) is 4.74 Å². The summed E-state index contributed by atoms with van der Waals surface area (Å²) < 4.78 is 31.3. The molecule has 23 heavy (non-hydrogen) atoms. The second-order valence-corrected chi connectivity index (χ2v) is 5.51. The highest BCUT2D eigenvalue weighted by molar-refractivity contribution is 6.25. The van der Waals surface area contributed by atoms with Gasteiger partial charge in [0.2, 0.25) is 11.6 Å². The van der Waals surface area contributed by atoms with Gasteiger partial charge in [-0.1, -0.05) is 0 Å². The Bertz CT molecular complexity index is 721. The Hall–Kier alpha value is -2.51. The number of piperidine rings is 1. The van der Waals surface area contributed by atoms with Crippen molar-refractivity contribution < 1.29 is 23.1 Å². The second kappa shape index (κ2) is 5.29. The predicted molar refractivity (Wildman–Crippen MR) is 77.5 cm³/mol. The van der Waals surface area contributed by atoms with Crippen LogP contribution in [0.25, 0.3) is 0 Å². The molecule has 8 heteroatoms. The van der Waals surface area contributed by atoms with Crippen molar-refractivity contribution in [2.45, 2.75) is 18.8 Å². The molecule has 0 spiro atoms. The van der Waals surface area contributed by atoms with Crippen LogP contribution in [0.5, 0.6) is 0 Å². The van der Waals surface area contributed by atoms with Crippen molar-refractivity contribution in [3.8, 4) is 0 Å². The number of allylic oxidation sites excluding steroid dienone is 2. The normalized spacial score (nSPS) is 20.6. The fourth-order valence-electron chi connectivity index (χ4n) is 2.72. The van der Waals surface area contributed by atoms with Crippen molar-refractivity contribution in [2.75, 3.05) is 25.1 Å². The number of pyridine rings is 1. The van der Waals surface area contributed by atoms with Crippen LogP contribution < -0.4 is 10.6 Å². The van der Waals surface area contributed by atoms with Crippen LogP contribution >= 0.6 is 0 Å². The number of alkyl halides is 2. The number of hydrogen-bond acceptors (Lipinski definition) is 6. The summed E-state index contributed by atoms with van der Waals surface area (Å²) in [5.74, 6) is -3.59. The fourth-order valence-corrected chi connectivity index (χ4v) is 2.72. The van der Waals surface area contributed by atoms with Crippen LogP contribution in [0.2, 0.25) is 0 Å². The van der Waals surface area contributed by atoms with Gasteiger partial charge in [-0.25, -0.2) is 13.8 Å². The molecule has 3 rings (SSSR count). The number of hydrogen-bond donors (Lipinski definition) is 1. The van der Waals surface area contributed by atoms with Crippen LogP contribution in [0, 0.1) is 0 Å². The van der Waals surface area contributed by atoms with E-state index in [9.17, 15) is 18.4 Å². The maximum absolute atomic E-state index is 13.2. The molecule has 1 saturated heterocycles. The molecule has 2 aliphatic rings. The van der Waals surface area contributed by atoms with Crippen molar-refractivity contribution in [1.29, 1.82) is 0 Å². The quantitative estimate of drug-likeness (QED) is 0.888. The molecule has 0 bridgehead atoms. The molecule has 0 saturated carbocycles. The lowest BCUT2D eigenvalue weighted by Crippen LogP contribution is -2.40. The molecule has 2 heterocycles. The molecule has 0 radical (unpaired) electrons. The Balaban J connectivity index is 1.94. The predicted octanol–water partition coefficient (Wildman–Crippen LogP) is 1.51. The standard InChI is InChI=1S/C15H15F2N3O3/c1-23-14-10(18)13(22)11-8(12(14)21)2-3-9(19-11)20-6-4-15(16,17)5-7-20/h2-3H,4-7,18H2,1H3. The van der Waals surface area contributed by atoms with Crippen molar-refractivity contribution in [3.63, 3.8) is 0 Å². The highest BCUT2D eigenvalue weighted by Crippen LogP contribution is 2.31. The number of methoxy groups -OCH3 is 1. The van der Waals surface area contributed by atoms with Gasteiger partial charge in [0.05, 0.1) is 12.7 Å². The summed E-state index contributed by atoms with van der Waals surface area (Å²) in [4.78, 5) is 30.3. The van der Waals surface area contributed by atoms with Crippen LogP contribution in [0.4, 0.5) is 14.6 Å². The number of carbonyl (C=O) groups excluding carboxylic acids is 2. The number of halogens is 2. The number of carbonyl (C=O) groups is 2. The van der Waals surface area contributed by atoms with Crippen molar-refractivity contribution in [3.05, 3.63) is 34.8 Å². The third-order valence-electron chi connectivity index (χ3n) is 4.06. The van der Waals surface area contributed by atoms with Gasteiger partial charge in [-0.05, 0) is 12.1 Å². The topological polar surface area (TPSA) is 85.5 Å². The Morgan fingerprint density at radius 1 is 1.22 bits per heavy atom. The van der Waals surface area contributed by atoms with Gasteiger partial charge in [0, 0.05) is 25.9 Å². The molecule has 0 atom stereocenters. The van der Waals surface area contributed by atoms with Crippen molar-refractivity contribution >= 4 is 17.4 Å². The number of ketones is 2. The molecule has 1 aromatic rings. The molecular weight excluding hydrogens is 308 g/mol. The number of rotatable bonds is 2. The third-order valence-corrected chi connectivity index (χ3v) is 4.06. The van der Waals surface area contributed by atoms with Gasteiger partial charge in [-0.3, -0.25) is 9.59 Å². The first kappa shape index (κ1) is 15.4. The van der Waals surface area contributed by atoms with E-state index in [1.54, 1.807) is 11.0 Å². The van der Waals surface area contributed by atoms with Gasteiger partial charge in [0.15, 0.2) is 5.76 Å². The molecule has 1 aromatic heterocycles. The minimum atomic E-state index is -2.67. The average Bonchev–Trinajstić information content (AvgIpc) is 2.53. The average molecular weight is 323 g/mol. The molecule has 1 fully saturated rings. The summed E-state index contributed by atoms with van der Waals surface area (Å²) in [7, 11) is 1.26. The summed E-state index contributed by atoms with van der Waals surface area (Å²) in [6.07, 6.45) is -0.539. The van der Waals surface area contributed by atoms with E-state index >= 15 is 0 Å². The Labute approximate surface area is 130 Å². The molecule has 122 valence electrons. The molecule has 1 aliphatic heterocycles. The summed E-state index contributed by atoms with van der Waals surface area (Å²) in [6.45, 7) is 0.269. The van der Waals surface area contributed by atoms with Crippen LogP contribution in [0.3, 0.4) is 0 Å². The lowest BCUT2D eigenvalue weighted by Gasteiger charge is -2.33. The first-order valence-corrected chi connectivity index (χ1v) is 7.11. The third kappa shape index (κ3) is 2.54. The summed E-state index contributed by atoms with van der Waals surface area (Å²) in [6, 6.07) is 3.00. The zero-order valence-electron chi connectivity index (χ0n) is 12.4. The number of fused-ring (bicyclic) bond motifs is 1. The molecular formula is C15H15F2N3O3. The Kier molecular flexibility index (Phi) is 3.54. The number of ether oxygens (including phenoxy) is 1. The largest absolute Gasteiger partial charge is 0.491 e. The highest BCUT2D eigenvalue weighted by atomic mass is 19.3. The van der Waals surface area contributed by atoms with Gasteiger partial charge in [0.25, 0.3) is 5.92 Å². The molecule has 2 N–H and O–H groups in total. The van der Waals surface area contributed by atoms with Gasteiger partial charge < -0.3 is 15.4 Å². The number of nitrogens with two attached hydrogens (primary N) is 1. The maximum atomic E-state index is 13.2. The minimum absolute atomic E-state index is 0.0665. The van der Waals surface area contributed by atoms with Crippen LogP contribution in [-0.4, -0.2) is 42.7 Å². The first-order valence-electron chi connectivity index (χ1n) is 7.11. The minimum Gasteiger partial charge on any atom is -0.491 e. The Morgan fingerprint density at radius 3 is 2.48 bits per heavy atom. The lowest BCUT2D eigenvalue weighted by molar-refractivity contribution is -0.0221. The number of nitrogens with zero attached hydrogens (tertiary/aromatic N) is 2. The van der Waals surface area contributed by atoms with Crippen LogP contribution in [0.1, 0.15) is 33.7 Å². The number of aromatic nitrogens is 1. The van der Waals surface area contributed by atoms with E-state index in [2.05, 4.69) is 4.98 Å². The van der Waals surface area contributed by atoms with E-state index in [-0.39, 0.29) is 48.6 Å². The fraction of sp³-hybridized carbons (Fsp3) is 0.400. The molecule has 6 nitrogen and oxygen atoms in total. The number of anilines is 1. The monoisotopic (exact) mass is 323 g/mol. The van der Waals surface area contributed by atoms with E-state index in [0.717, 1.165) is 0 Å². The van der Waals surface area contributed by atoms with E-state index in [4.69, 9.17) is 10.5 Å². The summed E-state index contributed by atoms with van der Waals surface area (Å²) in [5.41, 5.74) is 5.38. The first-order chi connectivity index (χ1) is 10.8. The molecule has 0 amide bonds. The van der Waals surface area contributed by atoms with Crippen molar-refractivity contribution in [2.24, 2.45) is 5.73 Å². The maximum Gasteiger partial charge on any atom is 0.251 e. The van der Waals surface area contributed by atoms with Gasteiger partial charge in [-0.2, -0.15) is 0 Å². The smallest absolute Gasteiger partial charge is 0.251 e. The molecule has 0 aromatic carbocycles. The van der Waals surface area contributed by atoms with Crippen LogP contribution in [0.15, 0.2) is 23.6 Å². The van der Waals surface area contributed by atoms with Gasteiger partial charge >= 0.3 is 0 Å². The summed E-state index contributed by atoms with van der Waals surface area (Å²) in [5, 5.41) is 0. The zero-order valence-corrected chi connectivity index (χ0v) is 12.4. The molecule has 1 aliphatic carbocycles. The second-order valence-electron chi connectivity index (χ2n) is 5.51. The Morgan fingerprint density at radius 2 is 1.87 bits per heavy atom. The zero-order chi connectivity index (χ0) is 16.8. The van der Waals surface area contributed by atoms with Crippen molar-refractivity contribution in [1.82, 2.24) is 4.98 Å². The summed E-state index contributed by atoms with van der Waals surface area (Å²) >= 11 is 0.